The Hall–Kier alpha value is -6.64. The second kappa shape index (κ2) is 25.6. The molecule has 0 aromatic heterocycles. The van der Waals surface area contributed by atoms with Crippen molar-refractivity contribution >= 4 is 58.8 Å². The molecule has 0 amide bonds. The Morgan fingerprint density at radius 1 is 0.523 bits per heavy atom. The lowest BCUT2D eigenvalue weighted by Gasteiger charge is -2.28. The number of benzene rings is 4. The number of nitrogen functional groups attached to an aromatic ring is 4. The molecule has 346 valence electrons. The highest BCUT2D eigenvalue weighted by Crippen LogP contribution is 2.26. The molecular formula is C51H62N4O10. The Balaban J connectivity index is 0.000000244. The quantitative estimate of drug-likeness (QED) is 0.0337. The predicted octanol–water partition coefficient (Wildman–Crippen LogP) is 8.61. The first-order valence-corrected chi connectivity index (χ1v) is 22.2. The highest BCUT2D eigenvalue weighted by Gasteiger charge is 2.26. The molecule has 2 fully saturated rings. The van der Waals surface area contributed by atoms with E-state index in [1.54, 1.807) is 97.1 Å². The SMILES string of the molecule is CCCOC1CCC(OC(=O)c2ccc(/C=C/C(=O)OCc3cc(N)ccc3N)cc2)CC1.CCOC1CCC(OC(=O)c2ccc(/C=C/C(=O)OCc3cc(N)ccc3N)cc2)CC1. The largest absolute Gasteiger partial charge is 0.459 e. The number of hydrogen-bond donors (Lipinski definition) is 4. The molecule has 14 heteroatoms. The fourth-order valence-electron chi connectivity index (χ4n) is 7.28. The first-order valence-electron chi connectivity index (χ1n) is 22.2. The van der Waals surface area contributed by atoms with Crippen LogP contribution in [0.4, 0.5) is 22.7 Å². The van der Waals surface area contributed by atoms with Crippen molar-refractivity contribution < 1.29 is 47.6 Å². The summed E-state index contributed by atoms with van der Waals surface area (Å²) in [4.78, 5) is 48.8. The average Bonchev–Trinajstić information content (AvgIpc) is 3.31. The van der Waals surface area contributed by atoms with Crippen LogP contribution in [-0.2, 0) is 51.2 Å². The van der Waals surface area contributed by atoms with Gasteiger partial charge in [0.15, 0.2) is 0 Å². The molecule has 2 saturated carbocycles. The molecule has 0 unspecified atom stereocenters. The van der Waals surface area contributed by atoms with E-state index in [0.717, 1.165) is 75.5 Å². The Labute approximate surface area is 381 Å². The van der Waals surface area contributed by atoms with E-state index < -0.39 is 11.9 Å². The molecule has 0 atom stereocenters. The smallest absolute Gasteiger partial charge is 0.338 e. The number of nitrogens with two attached hydrogens (primary N) is 4. The van der Waals surface area contributed by atoms with Gasteiger partial charge >= 0.3 is 23.9 Å². The van der Waals surface area contributed by atoms with E-state index in [0.29, 0.717) is 51.6 Å². The van der Waals surface area contributed by atoms with Crippen molar-refractivity contribution in [2.24, 2.45) is 0 Å². The molecule has 0 heterocycles. The lowest BCUT2D eigenvalue weighted by molar-refractivity contribution is -0.139. The highest BCUT2D eigenvalue weighted by atomic mass is 16.6. The van der Waals surface area contributed by atoms with E-state index >= 15 is 0 Å². The molecule has 8 N–H and O–H groups in total. The van der Waals surface area contributed by atoms with Crippen LogP contribution in [0.1, 0.15) is 115 Å². The van der Waals surface area contributed by atoms with Crippen molar-refractivity contribution in [2.75, 3.05) is 36.1 Å². The molecule has 2 aliphatic carbocycles. The molecule has 0 saturated heterocycles. The highest BCUT2D eigenvalue weighted by molar-refractivity contribution is 5.91. The molecule has 0 bridgehead atoms. The molecule has 14 nitrogen and oxygen atoms in total. The monoisotopic (exact) mass is 890 g/mol. The predicted molar refractivity (Wildman–Crippen MR) is 252 cm³/mol. The van der Waals surface area contributed by atoms with Crippen LogP contribution in [0.2, 0.25) is 0 Å². The van der Waals surface area contributed by atoms with Gasteiger partial charge in [-0.05, 0) is 149 Å². The zero-order chi connectivity index (χ0) is 46.6. The van der Waals surface area contributed by atoms with Gasteiger partial charge in [0.25, 0.3) is 0 Å². The number of rotatable bonds is 17. The van der Waals surface area contributed by atoms with E-state index in [1.807, 2.05) is 6.92 Å². The maximum absolute atomic E-state index is 12.5. The first kappa shape index (κ1) is 49.4. The number of hydrogen-bond acceptors (Lipinski definition) is 14. The summed E-state index contributed by atoms with van der Waals surface area (Å²) in [5, 5.41) is 0. The Bertz CT molecular complexity index is 2230. The summed E-state index contributed by atoms with van der Waals surface area (Å²) in [5.74, 6) is -1.67. The van der Waals surface area contributed by atoms with Gasteiger partial charge in [-0.1, -0.05) is 31.2 Å². The third-order valence-corrected chi connectivity index (χ3v) is 10.9. The lowest BCUT2D eigenvalue weighted by Crippen LogP contribution is -2.28. The maximum atomic E-state index is 12.5. The lowest BCUT2D eigenvalue weighted by atomic mass is 9.95. The summed E-state index contributed by atoms with van der Waals surface area (Å²) in [6.07, 6.45) is 14.3. The zero-order valence-electron chi connectivity index (χ0n) is 37.3. The Morgan fingerprint density at radius 3 is 1.29 bits per heavy atom. The fraction of sp³-hybridized carbons (Fsp3) is 0.373. The summed E-state index contributed by atoms with van der Waals surface area (Å²) in [7, 11) is 0. The number of carbonyl (C=O) groups is 4. The second-order valence-corrected chi connectivity index (χ2v) is 16.0. The van der Waals surface area contributed by atoms with E-state index in [-0.39, 0.29) is 49.6 Å². The van der Waals surface area contributed by atoms with Crippen molar-refractivity contribution in [3.05, 3.63) is 130 Å². The molecule has 0 radical (unpaired) electrons. The number of esters is 4. The van der Waals surface area contributed by atoms with E-state index in [9.17, 15) is 19.2 Å². The van der Waals surface area contributed by atoms with E-state index in [1.165, 1.54) is 12.2 Å². The minimum Gasteiger partial charge on any atom is -0.459 e. The van der Waals surface area contributed by atoms with Gasteiger partial charge in [-0.2, -0.15) is 0 Å². The third-order valence-electron chi connectivity index (χ3n) is 10.9. The zero-order valence-corrected chi connectivity index (χ0v) is 37.3. The van der Waals surface area contributed by atoms with Crippen LogP contribution >= 0.6 is 0 Å². The molecule has 6 rings (SSSR count). The Morgan fingerprint density at radius 2 is 0.908 bits per heavy atom. The van der Waals surface area contributed by atoms with Crippen molar-refractivity contribution in [1.82, 2.24) is 0 Å². The van der Waals surface area contributed by atoms with E-state index in [4.69, 9.17) is 51.4 Å². The van der Waals surface area contributed by atoms with Gasteiger partial charge in [0.1, 0.15) is 25.4 Å². The van der Waals surface area contributed by atoms with Gasteiger partial charge in [0, 0.05) is 59.2 Å². The van der Waals surface area contributed by atoms with Gasteiger partial charge in [0.05, 0.1) is 23.3 Å². The number of anilines is 4. The minimum atomic E-state index is -0.502. The van der Waals surface area contributed by atoms with Crippen molar-refractivity contribution in [3.63, 3.8) is 0 Å². The van der Waals surface area contributed by atoms with Crippen molar-refractivity contribution in [1.29, 1.82) is 0 Å². The van der Waals surface area contributed by atoms with Crippen LogP contribution in [0.5, 0.6) is 0 Å². The number of ether oxygens (including phenoxy) is 6. The van der Waals surface area contributed by atoms with Crippen LogP contribution in [0.25, 0.3) is 12.2 Å². The summed E-state index contributed by atoms with van der Waals surface area (Å²) in [6, 6.07) is 23.8. The standard InChI is InChI=1S/C26H32N2O5.C25H30N2O5/c1-2-15-31-22-9-11-23(12-10-22)33-26(30)19-6-3-18(4-7-19)5-14-25(29)32-17-20-16-21(27)8-13-24(20)28;1-2-30-21-9-11-22(12-10-21)32-25(29)18-6-3-17(4-7-18)5-14-24(28)31-16-19-15-20(26)8-13-23(19)27/h3-8,13-14,16,22-23H,2,9-12,15,17,27-28H2,1H3;3-8,13-15,21-22H,2,9-12,16,26-27H2,1H3/b2*14-5+. The second-order valence-electron chi connectivity index (χ2n) is 16.0. The fourth-order valence-corrected chi connectivity index (χ4v) is 7.28. The van der Waals surface area contributed by atoms with Crippen LogP contribution in [0.3, 0.4) is 0 Å². The summed E-state index contributed by atoms with van der Waals surface area (Å²) >= 11 is 0. The summed E-state index contributed by atoms with van der Waals surface area (Å²) in [5.41, 5.74) is 29.1. The van der Waals surface area contributed by atoms with Crippen LogP contribution < -0.4 is 22.9 Å². The third kappa shape index (κ3) is 16.8. The molecule has 4 aromatic rings. The molecule has 0 spiro atoms. The van der Waals surface area contributed by atoms with Gasteiger partial charge in [-0.25, -0.2) is 19.2 Å². The normalized spacial score (nSPS) is 18.3. The van der Waals surface area contributed by atoms with E-state index in [2.05, 4.69) is 6.92 Å². The maximum Gasteiger partial charge on any atom is 0.338 e. The Kier molecular flexibility index (Phi) is 19.4. The van der Waals surface area contributed by atoms with Crippen LogP contribution in [0.15, 0.2) is 97.1 Å². The average molecular weight is 891 g/mol. The van der Waals surface area contributed by atoms with Gasteiger partial charge in [-0.3, -0.25) is 0 Å². The molecule has 0 aliphatic heterocycles. The minimum absolute atomic E-state index is 0.0390. The molecule has 4 aromatic carbocycles. The molecule has 65 heavy (non-hydrogen) atoms. The summed E-state index contributed by atoms with van der Waals surface area (Å²) < 4.78 is 33.1. The number of carbonyl (C=O) groups excluding carboxylic acids is 4. The van der Waals surface area contributed by atoms with Crippen molar-refractivity contribution in [2.45, 2.75) is 109 Å². The van der Waals surface area contributed by atoms with Gasteiger partial charge in [-0.15, -0.1) is 0 Å². The van der Waals surface area contributed by atoms with Crippen LogP contribution in [-0.4, -0.2) is 61.5 Å². The van der Waals surface area contributed by atoms with Gasteiger partial charge in [0.2, 0.25) is 0 Å². The topological polar surface area (TPSA) is 228 Å². The molecule has 2 aliphatic rings. The van der Waals surface area contributed by atoms with Crippen LogP contribution in [0, 0.1) is 0 Å². The van der Waals surface area contributed by atoms with Crippen molar-refractivity contribution in [3.8, 4) is 0 Å². The first-order chi connectivity index (χ1) is 31.4. The van der Waals surface area contributed by atoms with Gasteiger partial charge < -0.3 is 51.4 Å². The summed E-state index contributed by atoms with van der Waals surface area (Å²) in [6.45, 7) is 5.66. The molecular weight excluding hydrogens is 829 g/mol.